The van der Waals surface area contributed by atoms with Crippen molar-refractivity contribution in [2.75, 3.05) is 27.3 Å². The van der Waals surface area contributed by atoms with Gasteiger partial charge in [-0.1, -0.05) is 0 Å². The fourth-order valence-electron chi connectivity index (χ4n) is 1.94. The largest absolute Gasteiger partial charge is 0.483 e. The molecular weight excluding hydrogens is 291 g/mol. The summed E-state index contributed by atoms with van der Waals surface area (Å²) in [4.78, 5) is 23.4. The minimum absolute atomic E-state index is 0.0650. The number of methoxy groups -OCH3 is 1. The van der Waals surface area contributed by atoms with E-state index in [2.05, 4.69) is 15.4 Å². The maximum Gasteiger partial charge on any atom is 0.341 e. The summed E-state index contributed by atoms with van der Waals surface area (Å²) in [6, 6.07) is 3.43. The Hall–Kier alpha value is -2.15. The smallest absolute Gasteiger partial charge is 0.341 e. The molecule has 6 nitrogen and oxygen atoms in total. The summed E-state index contributed by atoms with van der Waals surface area (Å²) in [5.74, 6) is -1.58. The Labute approximate surface area is 129 Å². The molecule has 1 rings (SSSR count). The Morgan fingerprint density at radius 2 is 2.00 bits per heavy atom. The average Bonchev–Trinajstić information content (AvgIpc) is 2.44. The lowest BCUT2D eigenvalue weighted by atomic mass is 10.1. The highest BCUT2D eigenvalue weighted by Gasteiger charge is 2.20. The fourth-order valence-corrected chi connectivity index (χ4v) is 1.94. The van der Waals surface area contributed by atoms with E-state index in [9.17, 15) is 14.0 Å². The summed E-state index contributed by atoms with van der Waals surface area (Å²) in [7, 11) is 2.97. The predicted molar refractivity (Wildman–Crippen MR) is 79.4 cm³/mol. The van der Waals surface area contributed by atoms with Gasteiger partial charge in [-0.2, -0.15) is 0 Å². The van der Waals surface area contributed by atoms with Crippen LogP contribution in [0.1, 0.15) is 24.2 Å². The molecule has 0 spiro atoms. The van der Waals surface area contributed by atoms with E-state index < -0.39 is 17.3 Å². The zero-order chi connectivity index (χ0) is 16.8. The maximum absolute atomic E-state index is 13.2. The van der Waals surface area contributed by atoms with Crippen LogP contribution < -0.4 is 15.4 Å². The minimum Gasteiger partial charge on any atom is -0.483 e. The molecule has 0 aliphatic rings. The van der Waals surface area contributed by atoms with Gasteiger partial charge in [-0.15, -0.1) is 0 Å². The molecule has 1 aromatic carbocycles. The third-order valence-corrected chi connectivity index (χ3v) is 2.80. The van der Waals surface area contributed by atoms with Gasteiger partial charge in [-0.05, 0) is 39.1 Å². The second-order valence-corrected chi connectivity index (χ2v) is 5.38. The Morgan fingerprint density at radius 1 is 1.32 bits per heavy atom. The van der Waals surface area contributed by atoms with Gasteiger partial charge >= 0.3 is 5.97 Å². The molecule has 0 saturated heterocycles. The number of hydrogen-bond acceptors (Lipinski definition) is 5. The van der Waals surface area contributed by atoms with Crippen molar-refractivity contribution in [3.8, 4) is 5.75 Å². The number of amides is 1. The maximum atomic E-state index is 13.2. The van der Waals surface area contributed by atoms with Gasteiger partial charge in [-0.25, -0.2) is 9.18 Å². The molecule has 0 bridgehead atoms. The summed E-state index contributed by atoms with van der Waals surface area (Å²) in [6.45, 7) is 4.02. The van der Waals surface area contributed by atoms with E-state index in [-0.39, 0.29) is 23.8 Å². The van der Waals surface area contributed by atoms with E-state index in [0.29, 0.717) is 6.54 Å². The summed E-state index contributed by atoms with van der Waals surface area (Å²) >= 11 is 0. The number of ether oxygens (including phenoxy) is 2. The number of rotatable bonds is 7. The van der Waals surface area contributed by atoms with Crippen LogP contribution in [0, 0.1) is 5.82 Å². The number of hydrogen-bond donors (Lipinski definition) is 2. The molecule has 2 N–H and O–H groups in total. The van der Waals surface area contributed by atoms with Crippen LogP contribution in [0.5, 0.6) is 5.75 Å². The van der Waals surface area contributed by atoms with Crippen LogP contribution in [0.4, 0.5) is 4.39 Å². The van der Waals surface area contributed by atoms with Crippen LogP contribution in [-0.2, 0) is 9.53 Å². The van der Waals surface area contributed by atoms with E-state index in [1.165, 1.54) is 13.2 Å². The summed E-state index contributed by atoms with van der Waals surface area (Å²) in [5, 5.41) is 5.75. The monoisotopic (exact) mass is 312 g/mol. The lowest BCUT2D eigenvalue weighted by molar-refractivity contribution is -0.124. The number of nitrogens with one attached hydrogen (secondary N) is 2. The highest BCUT2D eigenvalue weighted by atomic mass is 19.1. The number of carbonyl (C=O) groups excluding carboxylic acids is 2. The topological polar surface area (TPSA) is 76.7 Å². The summed E-state index contributed by atoms with van der Waals surface area (Å²) in [5.41, 5.74) is -0.506. The van der Waals surface area contributed by atoms with Gasteiger partial charge in [0.25, 0.3) is 5.91 Å². The van der Waals surface area contributed by atoms with Crippen LogP contribution >= 0.6 is 0 Å². The van der Waals surface area contributed by atoms with E-state index in [4.69, 9.17) is 4.74 Å². The molecule has 0 fully saturated rings. The van der Waals surface area contributed by atoms with Gasteiger partial charge in [0.2, 0.25) is 0 Å². The van der Waals surface area contributed by atoms with E-state index in [1.807, 2.05) is 13.8 Å². The van der Waals surface area contributed by atoms with E-state index >= 15 is 0 Å². The van der Waals surface area contributed by atoms with Crippen LogP contribution in [0.15, 0.2) is 18.2 Å². The van der Waals surface area contributed by atoms with Gasteiger partial charge in [0.1, 0.15) is 17.1 Å². The molecule has 0 aliphatic carbocycles. The first kappa shape index (κ1) is 17.9. The van der Waals surface area contributed by atoms with Gasteiger partial charge in [-0.3, -0.25) is 4.79 Å². The first-order chi connectivity index (χ1) is 10.3. The molecule has 0 radical (unpaired) electrons. The molecule has 0 aromatic heterocycles. The van der Waals surface area contributed by atoms with Crippen molar-refractivity contribution >= 4 is 11.9 Å². The highest BCUT2D eigenvalue weighted by molar-refractivity contribution is 5.92. The van der Waals surface area contributed by atoms with Crippen molar-refractivity contribution < 1.29 is 23.5 Å². The zero-order valence-corrected chi connectivity index (χ0v) is 13.2. The first-order valence-corrected chi connectivity index (χ1v) is 6.75. The number of carbonyl (C=O) groups is 2. The number of likely N-dealkylation sites (N-methyl/N-ethyl adjacent to an activating group) is 1. The Balaban J connectivity index is 2.72. The number of esters is 1. The zero-order valence-electron chi connectivity index (χ0n) is 13.2. The Bertz CT molecular complexity index is 546. The molecule has 1 aromatic rings. The second-order valence-electron chi connectivity index (χ2n) is 5.38. The molecule has 0 aliphatic heterocycles. The summed E-state index contributed by atoms with van der Waals surface area (Å²) < 4.78 is 23.1. The van der Waals surface area contributed by atoms with Crippen molar-refractivity contribution in [3.63, 3.8) is 0 Å². The highest BCUT2D eigenvalue weighted by Crippen LogP contribution is 2.20. The molecular formula is C15H21FN2O4. The normalized spacial score (nSPS) is 11.0. The fraction of sp³-hybridized carbons (Fsp3) is 0.467. The van der Waals surface area contributed by atoms with Crippen LogP contribution in [0.25, 0.3) is 0 Å². The SMILES string of the molecule is CNCC(C)(C)NC(=O)COc1ccc(F)cc1C(=O)OC. The quantitative estimate of drug-likeness (QED) is 0.738. The van der Waals surface area contributed by atoms with E-state index in [0.717, 1.165) is 12.1 Å². The van der Waals surface area contributed by atoms with Gasteiger partial charge < -0.3 is 20.1 Å². The third-order valence-electron chi connectivity index (χ3n) is 2.80. The number of halogens is 1. The van der Waals surface area contributed by atoms with E-state index in [1.54, 1.807) is 7.05 Å². The molecule has 0 unspecified atom stereocenters. The molecule has 0 atom stereocenters. The first-order valence-electron chi connectivity index (χ1n) is 6.75. The van der Waals surface area contributed by atoms with Gasteiger partial charge in [0.15, 0.2) is 6.61 Å². The Morgan fingerprint density at radius 3 is 2.59 bits per heavy atom. The van der Waals surface area contributed by atoms with Crippen LogP contribution in [-0.4, -0.2) is 44.7 Å². The van der Waals surface area contributed by atoms with Crippen molar-refractivity contribution in [2.45, 2.75) is 19.4 Å². The molecule has 0 saturated carbocycles. The average molecular weight is 312 g/mol. The standard InChI is InChI=1S/C15H21FN2O4/c1-15(2,9-17-3)18-13(19)8-22-12-6-5-10(16)7-11(12)14(20)21-4/h5-7,17H,8-9H2,1-4H3,(H,18,19). The van der Waals surface area contributed by atoms with Gasteiger partial charge in [0.05, 0.1) is 7.11 Å². The van der Waals surface area contributed by atoms with Crippen molar-refractivity contribution in [1.82, 2.24) is 10.6 Å². The molecule has 1 amide bonds. The number of benzene rings is 1. The van der Waals surface area contributed by atoms with Crippen molar-refractivity contribution in [3.05, 3.63) is 29.6 Å². The van der Waals surface area contributed by atoms with Crippen LogP contribution in [0.2, 0.25) is 0 Å². The lowest BCUT2D eigenvalue weighted by Gasteiger charge is -2.25. The third kappa shape index (κ3) is 5.33. The predicted octanol–water partition coefficient (Wildman–Crippen LogP) is 1.11. The lowest BCUT2D eigenvalue weighted by Crippen LogP contribution is -2.51. The minimum atomic E-state index is -0.731. The second kappa shape index (κ2) is 7.74. The molecule has 22 heavy (non-hydrogen) atoms. The van der Waals surface area contributed by atoms with Crippen LogP contribution in [0.3, 0.4) is 0 Å². The Kier molecular flexibility index (Phi) is 6.30. The molecule has 0 heterocycles. The molecule has 122 valence electrons. The van der Waals surface area contributed by atoms with Crippen molar-refractivity contribution in [1.29, 1.82) is 0 Å². The molecule has 7 heteroatoms. The summed E-state index contributed by atoms with van der Waals surface area (Å²) in [6.07, 6.45) is 0. The van der Waals surface area contributed by atoms with Crippen molar-refractivity contribution in [2.24, 2.45) is 0 Å². The van der Waals surface area contributed by atoms with Gasteiger partial charge in [0, 0.05) is 12.1 Å².